The van der Waals surface area contributed by atoms with Crippen LogP contribution in [0.25, 0.3) is 16.9 Å². The maximum atomic E-state index is 12.8. The van der Waals surface area contributed by atoms with Crippen LogP contribution >= 0.6 is 0 Å². The molecule has 7 nitrogen and oxygen atoms in total. The van der Waals surface area contributed by atoms with Crippen LogP contribution in [0.5, 0.6) is 0 Å². The van der Waals surface area contributed by atoms with E-state index in [1.165, 1.54) is 16.8 Å². The van der Waals surface area contributed by atoms with E-state index in [4.69, 9.17) is 0 Å². The van der Waals surface area contributed by atoms with E-state index in [-0.39, 0.29) is 29.2 Å². The van der Waals surface area contributed by atoms with Gasteiger partial charge >= 0.3 is 0 Å². The molecule has 0 unspecified atom stereocenters. The Morgan fingerprint density at radius 3 is 2.66 bits per heavy atom. The van der Waals surface area contributed by atoms with Crippen LogP contribution in [0.1, 0.15) is 34.5 Å². The Hall–Kier alpha value is -3.71. The van der Waals surface area contributed by atoms with Gasteiger partial charge in [-0.05, 0) is 18.1 Å². The van der Waals surface area contributed by atoms with E-state index in [0.717, 1.165) is 16.7 Å². The zero-order valence-electron chi connectivity index (χ0n) is 15.8. The summed E-state index contributed by atoms with van der Waals surface area (Å²) in [5.74, 6) is -0.360. The van der Waals surface area contributed by atoms with Crippen molar-refractivity contribution in [1.29, 1.82) is 0 Å². The SMILES string of the molecule is C[C@@H](O)c1ccccc1CNC(=O)c1c[nH]n2c(=O)cc(-c3ccccc3)nc12. The third-order valence-electron chi connectivity index (χ3n) is 4.76. The minimum Gasteiger partial charge on any atom is -0.389 e. The van der Waals surface area contributed by atoms with Gasteiger partial charge in [0.05, 0.1) is 11.8 Å². The van der Waals surface area contributed by atoms with Crippen molar-refractivity contribution in [2.45, 2.75) is 19.6 Å². The number of hydrogen-bond donors (Lipinski definition) is 3. The Bertz CT molecular complexity index is 1230. The molecule has 0 saturated carbocycles. The highest BCUT2D eigenvalue weighted by Crippen LogP contribution is 2.19. The number of aromatic nitrogens is 3. The predicted molar refractivity (Wildman–Crippen MR) is 109 cm³/mol. The molecule has 0 aliphatic heterocycles. The fourth-order valence-corrected chi connectivity index (χ4v) is 3.28. The lowest BCUT2D eigenvalue weighted by atomic mass is 10.0. The first-order valence-corrected chi connectivity index (χ1v) is 9.25. The summed E-state index contributed by atoms with van der Waals surface area (Å²) in [6.45, 7) is 1.93. The van der Waals surface area contributed by atoms with E-state index >= 15 is 0 Å². The number of hydrogen-bond acceptors (Lipinski definition) is 4. The molecule has 2 aromatic carbocycles. The summed E-state index contributed by atoms with van der Waals surface area (Å²) in [6.07, 6.45) is 0.832. The van der Waals surface area contributed by atoms with Gasteiger partial charge in [-0.25, -0.2) is 9.50 Å². The van der Waals surface area contributed by atoms with Crippen molar-refractivity contribution in [1.82, 2.24) is 19.9 Å². The molecule has 0 aliphatic rings. The number of nitrogens with one attached hydrogen (secondary N) is 2. The van der Waals surface area contributed by atoms with Gasteiger partial charge in [0.25, 0.3) is 11.5 Å². The fraction of sp³-hybridized carbons (Fsp3) is 0.136. The molecule has 4 rings (SSSR count). The summed E-state index contributed by atoms with van der Waals surface area (Å²) < 4.78 is 1.24. The monoisotopic (exact) mass is 388 g/mol. The number of carbonyl (C=O) groups is 1. The van der Waals surface area contributed by atoms with Crippen LogP contribution in [0.2, 0.25) is 0 Å². The van der Waals surface area contributed by atoms with Gasteiger partial charge in [0.15, 0.2) is 5.65 Å². The van der Waals surface area contributed by atoms with Gasteiger partial charge in [0, 0.05) is 24.4 Å². The van der Waals surface area contributed by atoms with Crippen LogP contribution in [-0.4, -0.2) is 25.6 Å². The van der Waals surface area contributed by atoms with Crippen LogP contribution in [0.3, 0.4) is 0 Å². The number of aliphatic hydroxyl groups is 1. The quantitative estimate of drug-likeness (QED) is 0.489. The molecule has 146 valence electrons. The Labute approximate surface area is 166 Å². The lowest BCUT2D eigenvalue weighted by molar-refractivity contribution is 0.0951. The Morgan fingerprint density at radius 1 is 1.17 bits per heavy atom. The van der Waals surface area contributed by atoms with Crippen molar-refractivity contribution >= 4 is 11.6 Å². The number of rotatable bonds is 5. The summed E-state index contributed by atoms with van der Waals surface area (Å²) in [4.78, 5) is 29.7. The van der Waals surface area contributed by atoms with E-state index < -0.39 is 6.10 Å². The number of aromatic amines is 1. The maximum Gasteiger partial charge on any atom is 0.273 e. The normalized spacial score (nSPS) is 12.1. The summed E-state index contributed by atoms with van der Waals surface area (Å²) in [5.41, 5.74) is 3.12. The summed E-state index contributed by atoms with van der Waals surface area (Å²) in [5, 5.41) is 15.5. The van der Waals surface area contributed by atoms with Gasteiger partial charge in [0.1, 0.15) is 5.56 Å². The minimum absolute atomic E-state index is 0.250. The Kier molecular flexibility index (Phi) is 4.97. The van der Waals surface area contributed by atoms with Gasteiger partial charge in [-0.15, -0.1) is 0 Å². The van der Waals surface area contributed by atoms with Crippen LogP contribution < -0.4 is 10.9 Å². The van der Waals surface area contributed by atoms with Crippen molar-refractivity contribution < 1.29 is 9.90 Å². The van der Waals surface area contributed by atoms with Crippen molar-refractivity contribution in [2.24, 2.45) is 0 Å². The molecule has 7 heteroatoms. The molecule has 0 spiro atoms. The van der Waals surface area contributed by atoms with Crippen molar-refractivity contribution in [3.05, 3.63) is 93.9 Å². The minimum atomic E-state index is -0.634. The van der Waals surface area contributed by atoms with Gasteiger partial charge < -0.3 is 10.4 Å². The number of amides is 1. The topological polar surface area (TPSA) is 99.5 Å². The fourth-order valence-electron chi connectivity index (χ4n) is 3.28. The summed E-state index contributed by atoms with van der Waals surface area (Å²) >= 11 is 0. The number of aliphatic hydroxyl groups excluding tert-OH is 1. The predicted octanol–water partition coefficient (Wildman–Crippen LogP) is 2.67. The molecule has 4 aromatic rings. The van der Waals surface area contributed by atoms with Gasteiger partial charge in [-0.2, -0.15) is 0 Å². The smallest absolute Gasteiger partial charge is 0.273 e. The number of fused-ring (bicyclic) bond motifs is 1. The van der Waals surface area contributed by atoms with E-state index in [2.05, 4.69) is 15.4 Å². The van der Waals surface area contributed by atoms with Crippen LogP contribution in [0.4, 0.5) is 0 Å². The average Bonchev–Trinajstić information content (AvgIpc) is 3.17. The molecule has 0 radical (unpaired) electrons. The Morgan fingerprint density at radius 2 is 1.90 bits per heavy atom. The molecule has 1 amide bonds. The molecular weight excluding hydrogens is 368 g/mol. The molecule has 1 atom stereocenters. The second kappa shape index (κ2) is 7.73. The van der Waals surface area contributed by atoms with Crippen LogP contribution in [0.15, 0.2) is 71.7 Å². The largest absolute Gasteiger partial charge is 0.389 e. The van der Waals surface area contributed by atoms with Gasteiger partial charge in [-0.3, -0.25) is 14.7 Å². The number of H-pyrrole nitrogens is 1. The third-order valence-corrected chi connectivity index (χ3v) is 4.76. The number of benzene rings is 2. The number of carbonyl (C=O) groups excluding carboxylic acids is 1. The standard InChI is InChI=1S/C22H20N4O3/c1-14(27)17-10-6-5-9-16(17)12-23-22(29)18-13-24-26-20(28)11-19(25-21(18)26)15-7-3-2-4-8-15/h2-11,13-14,24,27H,12H2,1H3,(H,23,29)/t14-/m1/s1. The van der Waals surface area contributed by atoms with Crippen LogP contribution in [0, 0.1) is 0 Å². The van der Waals surface area contributed by atoms with Gasteiger partial charge in [-0.1, -0.05) is 54.6 Å². The summed E-state index contributed by atoms with van der Waals surface area (Å²) in [6, 6.07) is 18.1. The van der Waals surface area contributed by atoms with Crippen LogP contribution in [-0.2, 0) is 6.54 Å². The molecule has 3 N–H and O–H groups in total. The second-order valence-corrected chi connectivity index (χ2v) is 6.75. The van der Waals surface area contributed by atoms with Gasteiger partial charge in [0.2, 0.25) is 0 Å². The Balaban J connectivity index is 1.65. The zero-order valence-corrected chi connectivity index (χ0v) is 15.8. The highest BCUT2D eigenvalue weighted by atomic mass is 16.3. The molecule has 2 heterocycles. The molecule has 2 aromatic heterocycles. The molecule has 0 aliphatic carbocycles. The first kappa shape index (κ1) is 18.6. The van der Waals surface area contributed by atoms with Crippen molar-refractivity contribution in [2.75, 3.05) is 0 Å². The summed E-state index contributed by atoms with van der Waals surface area (Å²) in [7, 11) is 0. The lowest BCUT2D eigenvalue weighted by Gasteiger charge is -2.12. The highest BCUT2D eigenvalue weighted by molar-refractivity contribution is 5.99. The second-order valence-electron chi connectivity index (χ2n) is 6.75. The van der Waals surface area contributed by atoms with E-state index in [0.29, 0.717) is 5.69 Å². The molecular formula is C22H20N4O3. The van der Waals surface area contributed by atoms with Crippen molar-refractivity contribution in [3.63, 3.8) is 0 Å². The lowest BCUT2D eigenvalue weighted by Crippen LogP contribution is -2.24. The molecule has 0 bridgehead atoms. The highest BCUT2D eigenvalue weighted by Gasteiger charge is 2.17. The first-order chi connectivity index (χ1) is 14.0. The molecule has 0 saturated heterocycles. The first-order valence-electron chi connectivity index (χ1n) is 9.25. The van der Waals surface area contributed by atoms with E-state index in [1.807, 2.05) is 54.6 Å². The van der Waals surface area contributed by atoms with Crippen molar-refractivity contribution in [3.8, 4) is 11.3 Å². The number of nitrogens with zero attached hydrogens (tertiary/aromatic N) is 2. The molecule has 29 heavy (non-hydrogen) atoms. The molecule has 0 fully saturated rings. The zero-order chi connectivity index (χ0) is 20.4. The van der Waals surface area contributed by atoms with E-state index in [9.17, 15) is 14.7 Å². The average molecular weight is 388 g/mol. The van der Waals surface area contributed by atoms with E-state index in [1.54, 1.807) is 6.92 Å². The third kappa shape index (κ3) is 3.68. The maximum absolute atomic E-state index is 12.8.